The molecule has 6 nitrogen and oxygen atoms in total. The van der Waals surface area contributed by atoms with Gasteiger partial charge in [0.2, 0.25) is 0 Å². The van der Waals surface area contributed by atoms with E-state index in [0.717, 1.165) is 29.1 Å². The van der Waals surface area contributed by atoms with Gasteiger partial charge in [0.05, 0.1) is 5.56 Å². The molecule has 0 bridgehead atoms. The molecule has 0 saturated carbocycles. The van der Waals surface area contributed by atoms with Crippen molar-refractivity contribution in [1.82, 2.24) is 14.9 Å². The molecule has 4 rings (SSSR count). The van der Waals surface area contributed by atoms with Gasteiger partial charge in [-0.1, -0.05) is 24.3 Å². The monoisotopic (exact) mass is 455 g/mol. The molecule has 0 aliphatic carbocycles. The molecular weight excluding hydrogens is 431 g/mol. The number of hydrogen-bond acceptors (Lipinski definition) is 4. The lowest BCUT2D eigenvalue weighted by atomic mass is 10.1. The zero-order chi connectivity index (χ0) is 23.6. The van der Waals surface area contributed by atoms with Gasteiger partial charge in [0, 0.05) is 49.2 Å². The maximum absolute atomic E-state index is 12.9. The first-order valence-corrected chi connectivity index (χ1v) is 10.6. The lowest BCUT2D eigenvalue weighted by molar-refractivity contribution is -0.137. The number of piperazine rings is 1. The van der Waals surface area contributed by atoms with E-state index < -0.39 is 11.7 Å². The largest absolute Gasteiger partial charge is 0.416 e. The number of benzene rings is 2. The minimum Gasteiger partial charge on any atom is -0.353 e. The lowest BCUT2D eigenvalue weighted by Crippen LogP contribution is -2.50. The Balaban J connectivity index is 1.43. The third kappa shape index (κ3) is 5.42. The molecule has 2 heterocycles. The Kier molecular flexibility index (Phi) is 6.22. The van der Waals surface area contributed by atoms with Crippen molar-refractivity contribution in [3.63, 3.8) is 0 Å². The average Bonchev–Trinajstić information content (AvgIpc) is 2.78. The third-order valence-electron chi connectivity index (χ3n) is 5.47. The van der Waals surface area contributed by atoms with E-state index in [-0.39, 0.29) is 6.03 Å². The zero-order valence-corrected chi connectivity index (χ0v) is 18.4. The van der Waals surface area contributed by atoms with Crippen LogP contribution in [-0.4, -0.2) is 47.1 Å². The van der Waals surface area contributed by atoms with Crippen LogP contribution >= 0.6 is 0 Å². The maximum atomic E-state index is 12.9. The first-order chi connectivity index (χ1) is 15.7. The molecule has 1 N–H and O–H groups in total. The van der Waals surface area contributed by atoms with Crippen molar-refractivity contribution in [2.45, 2.75) is 20.0 Å². The number of amides is 2. The van der Waals surface area contributed by atoms with Gasteiger partial charge in [0.25, 0.3) is 0 Å². The second kappa shape index (κ2) is 9.09. The van der Waals surface area contributed by atoms with E-state index in [2.05, 4.69) is 20.2 Å². The smallest absolute Gasteiger partial charge is 0.353 e. The number of anilines is 2. The van der Waals surface area contributed by atoms with Gasteiger partial charge in [-0.05, 0) is 43.7 Å². The number of carbonyl (C=O) groups is 1. The minimum atomic E-state index is -4.39. The lowest BCUT2D eigenvalue weighted by Gasteiger charge is -2.35. The summed E-state index contributed by atoms with van der Waals surface area (Å²) in [6, 6.07) is 14.2. The van der Waals surface area contributed by atoms with Crippen LogP contribution in [0.4, 0.5) is 29.5 Å². The van der Waals surface area contributed by atoms with Crippen molar-refractivity contribution < 1.29 is 18.0 Å². The second-order valence-electron chi connectivity index (χ2n) is 8.04. The number of nitrogens with zero attached hydrogens (tertiary/aromatic N) is 4. The number of carbonyl (C=O) groups excluding carboxylic acids is 1. The fraction of sp³-hybridized carbons (Fsp3) is 0.292. The molecule has 0 radical (unpaired) electrons. The van der Waals surface area contributed by atoms with Crippen molar-refractivity contribution in [2.75, 3.05) is 36.4 Å². The number of rotatable bonds is 3. The average molecular weight is 455 g/mol. The molecule has 0 spiro atoms. The van der Waals surface area contributed by atoms with Crippen LogP contribution in [0.5, 0.6) is 0 Å². The quantitative estimate of drug-likeness (QED) is 0.595. The first-order valence-electron chi connectivity index (χ1n) is 10.6. The van der Waals surface area contributed by atoms with Crippen LogP contribution in [0.1, 0.15) is 16.8 Å². The van der Waals surface area contributed by atoms with E-state index in [1.54, 1.807) is 4.90 Å². The third-order valence-corrected chi connectivity index (χ3v) is 5.47. The summed E-state index contributed by atoms with van der Waals surface area (Å²) in [6.45, 7) is 6.02. The van der Waals surface area contributed by atoms with Crippen LogP contribution in [0, 0.1) is 13.8 Å². The summed E-state index contributed by atoms with van der Waals surface area (Å²) < 4.78 is 38.6. The fourth-order valence-electron chi connectivity index (χ4n) is 3.72. The van der Waals surface area contributed by atoms with Gasteiger partial charge in [-0.15, -0.1) is 0 Å². The number of hydrogen-bond donors (Lipinski definition) is 1. The predicted octanol–water partition coefficient (Wildman–Crippen LogP) is 5.13. The molecule has 9 heteroatoms. The van der Waals surface area contributed by atoms with Gasteiger partial charge >= 0.3 is 12.2 Å². The van der Waals surface area contributed by atoms with Crippen LogP contribution in [-0.2, 0) is 6.18 Å². The van der Waals surface area contributed by atoms with E-state index >= 15 is 0 Å². The van der Waals surface area contributed by atoms with Gasteiger partial charge in [-0.3, -0.25) is 0 Å². The summed E-state index contributed by atoms with van der Waals surface area (Å²) >= 11 is 0. The predicted molar refractivity (Wildman–Crippen MR) is 121 cm³/mol. The molecule has 1 fully saturated rings. The van der Waals surface area contributed by atoms with Crippen LogP contribution in [0.15, 0.2) is 54.6 Å². The van der Waals surface area contributed by atoms with Gasteiger partial charge in [0.15, 0.2) is 5.82 Å². The molecule has 0 unspecified atom stereocenters. The Hall–Kier alpha value is -3.62. The highest BCUT2D eigenvalue weighted by molar-refractivity contribution is 5.89. The topological polar surface area (TPSA) is 61.4 Å². The van der Waals surface area contributed by atoms with E-state index in [9.17, 15) is 18.0 Å². The number of nitrogens with one attached hydrogen (secondary N) is 1. The zero-order valence-electron chi connectivity index (χ0n) is 18.4. The van der Waals surface area contributed by atoms with Crippen molar-refractivity contribution in [3.05, 3.63) is 71.4 Å². The summed E-state index contributed by atoms with van der Waals surface area (Å²) in [4.78, 5) is 25.4. The maximum Gasteiger partial charge on any atom is 0.416 e. The van der Waals surface area contributed by atoms with Crippen LogP contribution in [0.3, 0.4) is 0 Å². The molecule has 172 valence electrons. The van der Waals surface area contributed by atoms with Crippen molar-refractivity contribution >= 4 is 17.5 Å². The summed E-state index contributed by atoms with van der Waals surface area (Å²) in [5.74, 6) is 1.06. The molecule has 1 aliphatic rings. The molecule has 2 aromatic carbocycles. The molecule has 33 heavy (non-hydrogen) atoms. The van der Waals surface area contributed by atoms with Gasteiger partial charge in [-0.2, -0.15) is 13.2 Å². The van der Waals surface area contributed by atoms with Gasteiger partial charge < -0.3 is 15.1 Å². The highest BCUT2D eigenvalue weighted by Crippen LogP contribution is 2.31. The van der Waals surface area contributed by atoms with E-state index in [4.69, 9.17) is 0 Å². The molecule has 2 amide bonds. The van der Waals surface area contributed by atoms with Crippen molar-refractivity contribution in [2.24, 2.45) is 0 Å². The van der Waals surface area contributed by atoms with Gasteiger partial charge in [-0.25, -0.2) is 14.8 Å². The van der Waals surface area contributed by atoms with Crippen LogP contribution < -0.4 is 10.2 Å². The SMILES string of the molecule is Cc1cccc(NC(=O)N2CCN(c3cc(C)nc(-c4ccc(C(F)(F)F)cc4)n3)CC2)c1. The Labute approximate surface area is 190 Å². The minimum absolute atomic E-state index is 0.149. The first kappa shape index (κ1) is 22.6. The Morgan fingerprint density at radius 1 is 0.939 bits per heavy atom. The van der Waals surface area contributed by atoms with E-state index in [1.165, 1.54) is 12.1 Å². The summed E-state index contributed by atoms with van der Waals surface area (Å²) in [6.07, 6.45) is -4.39. The highest BCUT2D eigenvalue weighted by Gasteiger charge is 2.30. The van der Waals surface area contributed by atoms with Crippen molar-refractivity contribution in [3.8, 4) is 11.4 Å². The van der Waals surface area contributed by atoms with Crippen molar-refractivity contribution in [1.29, 1.82) is 0 Å². The summed E-state index contributed by atoms with van der Waals surface area (Å²) in [5.41, 5.74) is 2.36. The highest BCUT2D eigenvalue weighted by atomic mass is 19.4. The number of halogens is 3. The number of urea groups is 1. The molecule has 1 saturated heterocycles. The van der Waals surface area contributed by atoms with Gasteiger partial charge in [0.1, 0.15) is 5.82 Å². The normalized spacial score (nSPS) is 14.3. The molecule has 0 atom stereocenters. The Morgan fingerprint density at radius 3 is 2.27 bits per heavy atom. The number of aromatic nitrogens is 2. The molecule has 1 aromatic heterocycles. The Morgan fingerprint density at radius 2 is 1.64 bits per heavy atom. The fourth-order valence-corrected chi connectivity index (χ4v) is 3.72. The van der Waals surface area contributed by atoms with Crippen LogP contribution in [0.25, 0.3) is 11.4 Å². The number of aryl methyl sites for hydroxylation is 2. The molecule has 1 aliphatic heterocycles. The molecular formula is C24H24F3N5O. The summed E-state index contributed by atoms with van der Waals surface area (Å²) in [7, 11) is 0. The molecule has 3 aromatic rings. The standard InChI is InChI=1S/C24H24F3N5O/c1-16-4-3-5-20(14-16)29-23(33)32-12-10-31(11-13-32)21-15-17(2)28-22(30-21)18-6-8-19(9-7-18)24(25,26)27/h3-9,14-15H,10-13H2,1-2H3,(H,29,33). The Bertz CT molecular complexity index is 1140. The van der Waals surface area contributed by atoms with E-state index in [1.807, 2.05) is 44.2 Å². The second-order valence-corrected chi connectivity index (χ2v) is 8.04. The van der Waals surface area contributed by atoms with Crippen LogP contribution in [0.2, 0.25) is 0 Å². The van der Waals surface area contributed by atoms with E-state index in [0.29, 0.717) is 43.4 Å². The number of alkyl halides is 3. The summed E-state index contributed by atoms with van der Waals surface area (Å²) in [5, 5.41) is 2.92.